The molecule has 3 aromatic heterocycles. The number of likely N-dealkylation sites (N-methyl/N-ethyl adjacent to an activating group) is 1. The summed E-state index contributed by atoms with van der Waals surface area (Å²) < 4.78 is 8.04. The van der Waals surface area contributed by atoms with Crippen molar-refractivity contribution in [1.82, 2.24) is 24.3 Å². The van der Waals surface area contributed by atoms with Crippen LogP contribution < -0.4 is 15.4 Å². The molecule has 9 nitrogen and oxygen atoms in total. The van der Waals surface area contributed by atoms with Gasteiger partial charge in [-0.05, 0) is 87.5 Å². The van der Waals surface area contributed by atoms with Gasteiger partial charge in [-0.25, -0.2) is 15.0 Å². The van der Waals surface area contributed by atoms with E-state index in [1.807, 2.05) is 78.3 Å². The molecule has 0 radical (unpaired) electrons. The average molecular weight is 520 g/mol. The van der Waals surface area contributed by atoms with E-state index in [1.165, 1.54) is 6.33 Å². The van der Waals surface area contributed by atoms with E-state index >= 15 is 0 Å². The van der Waals surface area contributed by atoms with Gasteiger partial charge in [0.1, 0.15) is 29.3 Å². The van der Waals surface area contributed by atoms with Crippen LogP contribution in [0, 0.1) is 6.92 Å². The van der Waals surface area contributed by atoms with Gasteiger partial charge in [0.05, 0.1) is 11.7 Å². The molecule has 39 heavy (non-hydrogen) atoms. The van der Waals surface area contributed by atoms with Gasteiger partial charge in [-0.3, -0.25) is 9.69 Å². The van der Waals surface area contributed by atoms with Gasteiger partial charge in [0.25, 0.3) is 0 Å². The quantitative estimate of drug-likeness (QED) is 0.266. The second-order valence-corrected chi connectivity index (χ2v) is 9.76. The zero-order valence-electron chi connectivity index (χ0n) is 21.8. The highest BCUT2D eigenvalue weighted by Gasteiger charge is 2.18. The third kappa shape index (κ3) is 5.44. The molecule has 9 heteroatoms. The molecule has 2 aromatic carbocycles. The number of amides is 1. The summed E-state index contributed by atoms with van der Waals surface area (Å²) in [4.78, 5) is 27.9. The van der Waals surface area contributed by atoms with Crippen molar-refractivity contribution < 1.29 is 9.53 Å². The summed E-state index contributed by atoms with van der Waals surface area (Å²) in [5, 5.41) is 7.17. The fourth-order valence-electron chi connectivity index (χ4n) is 4.86. The number of carbonyl (C=O) groups excluding carboxylic acids is 1. The number of anilines is 3. The van der Waals surface area contributed by atoms with Crippen molar-refractivity contribution in [3.8, 4) is 11.5 Å². The Balaban J connectivity index is 1.18. The first kappa shape index (κ1) is 24.6. The number of hydrogen-bond donors (Lipinski definition) is 2. The van der Waals surface area contributed by atoms with E-state index < -0.39 is 0 Å². The Morgan fingerprint density at radius 2 is 1.97 bits per heavy atom. The second kappa shape index (κ2) is 10.5. The van der Waals surface area contributed by atoms with E-state index in [4.69, 9.17) is 4.74 Å². The van der Waals surface area contributed by atoms with Crippen LogP contribution in [0.25, 0.3) is 16.6 Å². The zero-order chi connectivity index (χ0) is 26.8. The molecule has 6 rings (SSSR count). The van der Waals surface area contributed by atoms with Gasteiger partial charge >= 0.3 is 0 Å². The molecular formula is C30H29N7O2. The molecule has 1 amide bonds. The fourth-order valence-corrected chi connectivity index (χ4v) is 4.86. The number of benzene rings is 2. The van der Waals surface area contributed by atoms with Crippen LogP contribution in [-0.2, 0) is 4.79 Å². The SMILES string of the molecule is Cc1cc(Nc2ncnc3ccc(NC(=O)/C=C/[C@H]4CCCN4C)cc23)ccc1Oc1ccc2nccn2c1. The monoisotopic (exact) mass is 519 g/mol. The van der Waals surface area contributed by atoms with Crippen molar-refractivity contribution in [3.63, 3.8) is 0 Å². The standard InChI is InChI=1S/C30H29N7O2/c1-20-16-21(6-10-27(20)39-24-8-11-28-31-13-15-37(28)18-24)35-30-25-17-22(5-9-26(25)32-19-33-30)34-29(38)12-7-23-4-3-14-36(23)2/h5-13,15-19,23H,3-4,14H2,1-2H3,(H,34,38)(H,32,33,35)/b12-7+/t23-/m1/s1. The number of imidazole rings is 1. The van der Waals surface area contributed by atoms with Gasteiger partial charge in [-0.15, -0.1) is 0 Å². The third-order valence-electron chi connectivity index (χ3n) is 6.98. The maximum Gasteiger partial charge on any atom is 0.248 e. The predicted octanol–water partition coefficient (Wildman–Crippen LogP) is 5.71. The minimum absolute atomic E-state index is 0.153. The van der Waals surface area contributed by atoms with E-state index in [-0.39, 0.29) is 5.91 Å². The maximum absolute atomic E-state index is 12.6. The number of nitrogens with zero attached hydrogens (tertiary/aromatic N) is 5. The summed E-state index contributed by atoms with van der Waals surface area (Å²) in [7, 11) is 2.09. The lowest BCUT2D eigenvalue weighted by atomic mass is 10.1. The number of rotatable bonds is 7. The predicted molar refractivity (Wildman–Crippen MR) is 153 cm³/mol. The summed E-state index contributed by atoms with van der Waals surface area (Å²) in [6.07, 6.45) is 12.9. The number of aromatic nitrogens is 4. The normalized spacial score (nSPS) is 15.8. The summed E-state index contributed by atoms with van der Waals surface area (Å²) in [6, 6.07) is 15.6. The van der Waals surface area contributed by atoms with Gasteiger partial charge in [0.15, 0.2) is 0 Å². The van der Waals surface area contributed by atoms with Gasteiger partial charge in [0, 0.05) is 41.3 Å². The lowest BCUT2D eigenvalue weighted by molar-refractivity contribution is -0.111. The van der Waals surface area contributed by atoms with Crippen molar-refractivity contribution >= 4 is 39.6 Å². The van der Waals surface area contributed by atoms with E-state index in [0.29, 0.717) is 17.5 Å². The third-order valence-corrected chi connectivity index (χ3v) is 6.98. The minimum Gasteiger partial charge on any atom is -0.456 e. The Bertz CT molecular complexity index is 1690. The number of carbonyl (C=O) groups is 1. The fraction of sp³-hybridized carbons (Fsp3) is 0.200. The van der Waals surface area contributed by atoms with Crippen LogP contribution in [0.5, 0.6) is 11.5 Å². The summed E-state index contributed by atoms with van der Waals surface area (Å²) in [5.74, 6) is 1.98. The van der Waals surface area contributed by atoms with Crippen molar-refractivity contribution in [2.45, 2.75) is 25.8 Å². The number of aryl methyl sites for hydroxylation is 1. The molecule has 0 bridgehead atoms. The second-order valence-electron chi connectivity index (χ2n) is 9.76. The number of nitrogens with one attached hydrogen (secondary N) is 2. The van der Waals surface area contributed by atoms with Gasteiger partial charge in [0.2, 0.25) is 5.91 Å². The Labute approximate surface area is 226 Å². The first-order valence-corrected chi connectivity index (χ1v) is 12.9. The molecule has 1 fully saturated rings. The number of likely N-dealkylation sites (tertiary alicyclic amines) is 1. The van der Waals surface area contributed by atoms with Crippen LogP contribution in [0.15, 0.2) is 85.6 Å². The van der Waals surface area contributed by atoms with Crippen LogP contribution in [0.3, 0.4) is 0 Å². The number of pyridine rings is 1. The van der Waals surface area contributed by atoms with E-state index in [1.54, 1.807) is 12.3 Å². The molecule has 196 valence electrons. The lowest BCUT2D eigenvalue weighted by Crippen LogP contribution is -2.23. The van der Waals surface area contributed by atoms with Crippen LogP contribution in [0.1, 0.15) is 18.4 Å². The maximum atomic E-state index is 12.6. The Morgan fingerprint density at radius 3 is 2.82 bits per heavy atom. The van der Waals surface area contributed by atoms with Crippen molar-refractivity contribution in [3.05, 3.63) is 91.2 Å². The molecule has 4 heterocycles. The molecule has 1 saturated heterocycles. The zero-order valence-corrected chi connectivity index (χ0v) is 21.8. The average Bonchev–Trinajstić information content (AvgIpc) is 3.57. The smallest absolute Gasteiger partial charge is 0.248 e. The lowest BCUT2D eigenvalue weighted by Gasteiger charge is -2.14. The van der Waals surface area contributed by atoms with Crippen LogP contribution >= 0.6 is 0 Å². The van der Waals surface area contributed by atoms with Gasteiger partial charge in [-0.2, -0.15) is 0 Å². The first-order chi connectivity index (χ1) is 19.0. The first-order valence-electron chi connectivity index (χ1n) is 12.9. The van der Waals surface area contributed by atoms with Crippen LogP contribution in [0.4, 0.5) is 17.2 Å². The molecule has 0 spiro atoms. The Kier molecular flexibility index (Phi) is 6.64. The molecule has 0 saturated carbocycles. The summed E-state index contributed by atoms with van der Waals surface area (Å²) in [5.41, 5.74) is 4.16. The molecule has 2 N–H and O–H groups in total. The number of ether oxygens (including phenoxy) is 1. The van der Waals surface area contributed by atoms with E-state index in [0.717, 1.165) is 58.7 Å². The molecule has 1 aliphatic rings. The molecule has 0 aliphatic carbocycles. The number of hydrogen-bond acceptors (Lipinski definition) is 7. The molecule has 0 unspecified atom stereocenters. The van der Waals surface area contributed by atoms with Crippen molar-refractivity contribution in [1.29, 1.82) is 0 Å². The molecule has 1 atom stereocenters. The topological polar surface area (TPSA) is 96.7 Å². The van der Waals surface area contributed by atoms with Gasteiger partial charge in [-0.1, -0.05) is 6.08 Å². The molecule has 1 aliphatic heterocycles. The Hall–Kier alpha value is -4.76. The van der Waals surface area contributed by atoms with Crippen LogP contribution in [0.2, 0.25) is 0 Å². The van der Waals surface area contributed by atoms with Crippen LogP contribution in [-0.4, -0.2) is 49.8 Å². The molecular weight excluding hydrogens is 490 g/mol. The Morgan fingerprint density at radius 1 is 1.08 bits per heavy atom. The highest BCUT2D eigenvalue weighted by Crippen LogP contribution is 2.30. The number of fused-ring (bicyclic) bond motifs is 2. The summed E-state index contributed by atoms with van der Waals surface area (Å²) in [6.45, 7) is 3.06. The van der Waals surface area contributed by atoms with Crippen molar-refractivity contribution in [2.24, 2.45) is 0 Å². The van der Waals surface area contributed by atoms with E-state index in [2.05, 4.69) is 37.5 Å². The highest BCUT2D eigenvalue weighted by atomic mass is 16.5. The van der Waals surface area contributed by atoms with E-state index in [9.17, 15) is 4.79 Å². The summed E-state index contributed by atoms with van der Waals surface area (Å²) >= 11 is 0. The van der Waals surface area contributed by atoms with Crippen molar-refractivity contribution in [2.75, 3.05) is 24.2 Å². The minimum atomic E-state index is -0.153. The largest absolute Gasteiger partial charge is 0.456 e. The van der Waals surface area contributed by atoms with Gasteiger partial charge < -0.3 is 19.8 Å². The molecule has 5 aromatic rings. The highest BCUT2D eigenvalue weighted by molar-refractivity contribution is 6.02.